The zero-order chi connectivity index (χ0) is 12.6. The monoisotopic (exact) mass is 253 g/mol. The Hall–Kier alpha value is -0.860. The predicted octanol–water partition coefficient (Wildman–Crippen LogP) is 0.0775. The van der Waals surface area contributed by atoms with E-state index < -0.39 is 28.0 Å². The minimum absolute atomic E-state index is 0.120. The van der Waals surface area contributed by atoms with Gasteiger partial charge in [-0.25, -0.2) is 4.79 Å². The summed E-state index contributed by atoms with van der Waals surface area (Å²) in [4.78, 5) is 12.0. The van der Waals surface area contributed by atoms with Gasteiger partial charge in [-0.15, -0.1) is 0 Å². The summed E-state index contributed by atoms with van der Waals surface area (Å²) in [6, 6.07) is -0.609. The molecular weight excluding hydrogens is 238 g/mol. The van der Waals surface area contributed by atoms with Crippen LogP contribution in [-0.2, 0) is 19.0 Å². The van der Waals surface area contributed by atoms with Crippen LogP contribution in [0.15, 0.2) is 0 Å². The first-order valence-corrected chi connectivity index (χ1v) is 6.46. The molecule has 8 heteroatoms. The van der Waals surface area contributed by atoms with Crippen LogP contribution in [0, 0.1) is 0 Å². The average Bonchev–Trinajstić information content (AvgIpc) is 2.36. The number of rotatable bonds is 3. The lowest BCUT2D eigenvalue weighted by Gasteiger charge is -2.30. The van der Waals surface area contributed by atoms with Gasteiger partial charge in [0, 0.05) is 0 Å². The van der Waals surface area contributed by atoms with Gasteiger partial charge in [0.25, 0.3) is 10.1 Å². The molecule has 1 saturated heterocycles. The van der Waals surface area contributed by atoms with Crippen molar-refractivity contribution in [2.24, 2.45) is 0 Å². The van der Waals surface area contributed by atoms with Crippen molar-refractivity contribution in [1.82, 2.24) is 4.90 Å². The van der Waals surface area contributed by atoms with E-state index in [0.29, 0.717) is 0 Å². The number of hydrogen-bond acceptors (Lipinski definition) is 5. The van der Waals surface area contributed by atoms with E-state index in [1.165, 1.54) is 0 Å². The summed E-state index contributed by atoms with van der Waals surface area (Å²) in [5.41, 5.74) is -0.961. The third-order valence-corrected chi connectivity index (χ3v) is 2.82. The molecule has 1 fully saturated rings. The normalized spacial score (nSPS) is 24.7. The van der Waals surface area contributed by atoms with E-state index in [2.05, 4.69) is 4.18 Å². The van der Waals surface area contributed by atoms with Crippen LogP contribution in [0.4, 0.5) is 4.79 Å². The van der Waals surface area contributed by atoms with E-state index in [1.807, 2.05) is 0 Å². The molecule has 0 aromatic carbocycles. The molecule has 0 unspecified atom stereocenters. The van der Waals surface area contributed by atoms with Crippen molar-refractivity contribution in [2.75, 3.05) is 19.5 Å². The lowest BCUT2D eigenvalue weighted by molar-refractivity contribution is -0.0429. The Morgan fingerprint density at radius 1 is 1.62 bits per heavy atom. The first-order chi connectivity index (χ1) is 7.13. The van der Waals surface area contributed by atoms with Gasteiger partial charge >= 0.3 is 6.09 Å². The van der Waals surface area contributed by atoms with Gasteiger partial charge < -0.3 is 9.84 Å². The first kappa shape index (κ1) is 13.2. The highest BCUT2D eigenvalue weighted by Gasteiger charge is 2.44. The lowest BCUT2D eigenvalue weighted by atomic mass is 10.2. The SMILES string of the molecule is CC1(C)OC[C@@H](COS(C)(=O)=O)N1C(=O)O. The maximum atomic E-state index is 11.0. The smallest absolute Gasteiger partial charge is 0.409 e. The molecule has 0 aromatic heterocycles. The van der Waals surface area contributed by atoms with Crippen molar-refractivity contribution in [3.63, 3.8) is 0 Å². The van der Waals surface area contributed by atoms with Crippen LogP contribution in [0.5, 0.6) is 0 Å². The van der Waals surface area contributed by atoms with Gasteiger partial charge in [-0.2, -0.15) is 8.42 Å². The Morgan fingerprint density at radius 3 is 2.62 bits per heavy atom. The molecule has 1 N–H and O–H groups in total. The molecule has 1 heterocycles. The molecule has 1 amide bonds. The van der Waals surface area contributed by atoms with Crippen LogP contribution in [0.25, 0.3) is 0 Å². The van der Waals surface area contributed by atoms with Crippen LogP contribution in [-0.4, -0.2) is 55.8 Å². The summed E-state index contributed by atoms with van der Waals surface area (Å²) >= 11 is 0. The molecule has 0 radical (unpaired) electrons. The lowest BCUT2D eigenvalue weighted by Crippen LogP contribution is -2.48. The molecule has 1 aliphatic heterocycles. The minimum Gasteiger partial charge on any atom is -0.465 e. The summed E-state index contributed by atoms with van der Waals surface area (Å²) in [7, 11) is -3.57. The molecule has 1 rings (SSSR count). The highest BCUT2D eigenvalue weighted by Crippen LogP contribution is 2.27. The summed E-state index contributed by atoms with van der Waals surface area (Å²) in [6.07, 6.45) is -0.247. The van der Waals surface area contributed by atoms with Crippen LogP contribution >= 0.6 is 0 Å². The Balaban J connectivity index is 2.71. The van der Waals surface area contributed by atoms with Crippen molar-refractivity contribution < 1.29 is 27.2 Å². The van der Waals surface area contributed by atoms with E-state index in [-0.39, 0.29) is 13.2 Å². The fraction of sp³-hybridized carbons (Fsp3) is 0.875. The van der Waals surface area contributed by atoms with Gasteiger partial charge in [0.05, 0.1) is 25.5 Å². The second-order valence-electron chi connectivity index (χ2n) is 4.05. The molecule has 0 aliphatic carbocycles. The summed E-state index contributed by atoms with van der Waals surface area (Å²) in [6.45, 7) is 3.09. The first-order valence-electron chi connectivity index (χ1n) is 4.64. The molecule has 1 aliphatic rings. The van der Waals surface area contributed by atoms with Crippen molar-refractivity contribution >= 4 is 16.2 Å². The number of carboxylic acid groups (broad SMARTS) is 1. The van der Waals surface area contributed by atoms with E-state index in [9.17, 15) is 13.2 Å². The van der Waals surface area contributed by atoms with Gasteiger partial charge in [0.15, 0.2) is 0 Å². The van der Waals surface area contributed by atoms with Gasteiger partial charge in [0.1, 0.15) is 5.72 Å². The van der Waals surface area contributed by atoms with Gasteiger partial charge in [-0.05, 0) is 13.8 Å². The molecule has 16 heavy (non-hydrogen) atoms. The van der Waals surface area contributed by atoms with Crippen molar-refractivity contribution in [1.29, 1.82) is 0 Å². The van der Waals surface area contributed by atoms with Crippen molar-refractivity contribution in [3.8, 4) is 0 Å². The predicted molar refractivity (Wildman–Crippen MR) is 54.5 cm³/mol. The third kappa shape index (κ3) is 3.06. The van der Waals surface area contributed by atoms with Crippen LogP contribution in [0.3, 0.4) is 0 Å². The quantitative estimate of drug-likeness (QED) is 0.716. The summed E-state index contributed by atoms with van der Waals surface area (Å²) in [5.74, 6) is 0. The highest BCUT2D eigenvalue weighted by atomic mass is 32.2. The fourth-order valence-electron chi connectivity index (χ4n) is 1.60. The largest absolute Gasteiger partial charge is 0.465 e. The molecule has 0 saturated carbocycles. The zero-order valence-corrected chi connectivity index (χ0v) is 10.2. The maximum absolute atomic E-state index is 11.0. The fourth-order valence-corrected chi connectivity index (χ4v) is 2.00. The second kappa shape index (κ2) is 4.19. The van der Waals surface area contributed by atoms with Crippen molar-refractivity contribution in [2.45, 2.75) is 25.6 Å². The van der Waals surface area contributed by atoms with E-state index in [4.69, 9.17) is 9.84 Å². The van der Waals surface area contributed by atoms with Crippen molar-refractivity contribution in [3.05, 3.63) is 0 Å². The molecular formula is C8H15NO6S. The number of nitrogens with zero attached hydrogens (tertiary/aromatic N) is 1. The van der Waals surface area contributed by atoms with Gasteiger partial charge in [-0.3, -0.25) is 9.08 Å². The Labute approximate surface area is 94.1 Å². The van der Waals surface area contributed by atoms with E-state index >= 15 is 0 Å². The zero-order valence-electron chi connectivity index (χ0n) is 9.34. The number of amides is 1. The maximum Gasteiger partial charge on any atom is 0.409 e. The molecule has 0 bridgehead atoms. The van der Waals surface area contributed by atoms with Gasteiger partial charge in [0.2, 0.25) is 0 Å². The van der Waals surface area contributed by atoms with Gasteiger partial charge in [-0.1, -0.05) is 0 Å². The minimum atomic E-state index is -3.57. The molecule has 7 nitrogen and oxygen atoms in total. The second-order valence-corrected chi connectivity index (χ2v) is 5.70. The average molecular weight is 253 g/mol. The van der Waals surface area contributed by atoms with E-state index in [1.54, 1.807) is 13.8 Å². The summed E-state index contributed by atoms with van der Waals surface area (Å²) < 4.78 is 31.4. The summed E-state index contributed by atoms with van der Waals surface area (Å²) in [5, 5.41) is 8.99. The Bertz CT molecular complexity index is 376. The Morgan fingerprint density at radius 2 is 2.19 bits per heavy atom. The Kier molecular flexibility index (Phi) is 3.46. The molecule has 1 atom stereocenters. The van der Waals surface area contributed by atoms with Crippen LogP contribution in [0.1, 0.15) is 13.8 Å². The van der Waals surface area contributed by atoms with Crippen LogP contribution in [0.2, 0.25) is 0 Å². The number of carbonyl (C=O) groups is 1. The number of hydrogen-bond donors (Lipinski definition) is 1. The van der Waals surface area contributed by atoms with E-state index in [0.717, 1.165) is 11.2 Å². The standard InChI is InChI=1S/C8H15NO6S/c1-8(2)9(7(10)11)6(4-14-8)5-15-16(3,12)13/h6H,4-5H2,1-3H3,(H,10,11)/t6-/m0/s1. The number of ether oxygens (including phenoxy) is 1. The van der Waals surface area contributed by atoms with Crippen LogP contribution < -0.4 is 0 Å². The third-order valence-electron chi connectivity index (χ3n) is 2.25. The molecule has 94 valence electrons. The molecule has 0 aromatic rings. The topological polar surface area (TPSA) is 93.1 Å². The molecule has 0 spiro atoms. The highest BCUT2D eigenvalue weighted by molar-refractivity contribution is 7.85.